The van der Waals surface area contributed by atoms with Crippen LogP contribution in [0.4, 0.5) is 17.6 Å². The van der Waals surface area contributed by atoms with Crippen LogP contribution >= 0.6 is 11.6 Å². The van der Waals surface area contributed by atoms with E-state index in [-0.39, 0.29) is 36.5 Å². The van der Waals surface area contributed by atoms with Gasteiger partial charge in [-0.25, -0.2) is 12.8 Å². The number of benzene rings is 2. The van der Waals surface area contributed by atoms with Gasteiger partial charge in [0.2, 0.25) is 10.0 Å². The molecule has 0 unspecified atom stereocenters. The Morgan fingerprint density at radius 3 is 2.33 bits per heavy atom. The highest BCUT2D eigenvalue weighted by Crippen LogP contribution is 2.28. The molecule has 0 amide bonds. The predicted octanol–water partition coefficient (Wildman–Crippen LogP) is 5.25. The van der Waals surface area contributed by atoms with Crippen LogP contribution in [0.25, 0.3) is 0 Å². The van der Waals surface area contributed by atoms with Crippen molar-refractivity contribution in [2.75, 3.05) is 13.1 Å². The molecular weight excluding hydrogens is 484 g/mol. The van der Waals surface area contributed by atoms with Crippen molar-refractivity contribution in [1.29, 1.82) is 0 Å². The summed E-state index contributed by atoms with van der Waals surface area (Å²) in [5.41, 5.74) is 0.763. The Labute approximate surface area is 193 Å². The molecule has 3 rings (SSSR count). The van der Waals surface area contributed by atoms with Gasteiger partial charge >= 0.3 is 6.36 Å². The lowest BCUT2D eigenvalue weighted by molar-refractivity contribution is -0.274. The smallest absolute Gasteiger partial charge is 0.406 e. The van der Waals surface area contributed by atoms with E-state index in [1.807, 2.05) is 0 Å². The third kappa shape index (κ3) is 6.89. The first kappa shape index (κ1) is 24.9. The number of rotatable bonds is 9. The predicted molar refractivity (Wildman–Crippen MR) is 115 cm³/mol. The van der Waals surface area contributed by atoms with Gasteiger partial charge in [0.25, 0.3) is 0 Å². The fourth-order valence-corrected chi connectivity index (χ4v) is 4.79. The summed E-state index contributed by atoms with van der Waals surface area (Å²) in [4.78, 5) is 3.57. The second kappa shape index (κ2) is 10.5. The van der Waals surface area contributed by atoms with Crippen LogP contribution in [0.5, 0.6) is 5.75 Å². The summed E-state index contributed by atoms with van der Waals surface area (Å²) in [5, 5.41) is 0.0321. The molecule has 0 radical (unpaired) electrons. The number of aromatic nitrogens is 1. The molecule has 0 N–H and O–H groups in total. The molecule has 1 aromatic heterocycles. The maximum Gasteiger partial charge on any atom is 0.573 e. The molecule has 176 valence electrons. The van der Waals surface area contributed by atoms with E-state index >= 15 is 0 Å². The first-order valence-corrected chi connectivity index (χ1v) is 11.6. The quantitative estimate of drug-likeness (QED) is 0.375. The average Bonchev–Trinajstić information content (AvgIpc) is 2.74. The number of alkyl halides is 3. The lowest BCUT2D eigenvalue weighted by atomic mass is 10.1. The molecule has 0 saturated heterocycles. The molecule has 0 atom stereocenters. The van der Waals surface area contributed by atoms with Crippen molar-refractivity contribution in [3.05, 3.63) is 89.0 Å². The molecule has 3 aromatic rings. The molecule has 11 heteroatoms. The monoisotopic (exact) mass is 502 g/mol. The first-order valence-electron chi connectivity index (χ1n) is 9.75. The molecule has 2 aromatic carbocycles. The van der Waals surface area contributed by atoms with Crippen LogP contribution in [0.1, 0.15) is 11.3 Å². The molecule has 0 bridgehead atoms. The SMILES string of the molecule is O=S(=O)(c1ccc(Cl)cc1F)N(CCc1ccccn1)CCc1ccccc1OC(F)(F)F. The van der Waals surface area contributed by atoms with Crippen LogP contribution in [0.3, 0.4) is 0 Å². The third-order valence-corrected chi connectivity index (χ3v) is 6.85. The Bertz CT molecular complexity index is 1190. The van der Waals surface area contributed by atoms with Crippen LogP contribution in [0.2, 0.25) is 5.02 Å². The van der Waals surface area contributed by atoms with E-state index in [0.29, 0.717) is 5.69 Å². The largest absolute Gasteiger partial charge is 0.573 e. The molecule has 0 spiro atoms. The number of sulfonamides is 1. The van der Waals surface area contributed by atoms with Gasteiger partial charge in [0.05, 0.1) is 0 Å². The summed E-state index contributed by atoms with van der Waals surface area (Å²) in [5.74, 6) is -1.45. The third-order valence-electron chi connectivity index (χ3n) is 4.68. The topological polar surface area (TPSA) is 59.5 Å². The van der Waals surface area contributed by atoms with Crippen LogP contribution in [-0.2, 0) is 22.9 Å². The van der Waals surface area contributed by atoms with Gasteiger partial charge in [-0.1, -0.05) is 35.9 Å². The standard InChI is InChI=1S/C22H19ClF4N2O3S/c23-17-8-9-21(19(24)15-17)33(30,31)29(14-11-18-6-3-4-12-28-18)13-10-16-5-1-2-7-20(16)32-22(25,26)27/h1-9,12,15H,10-11,13-14H2. The minimum absolute atomic E-state index is 0.0321. The van der Waals surface area contributed by atoms with E-state index < -0.39 is 32.8 Å². The zero-order valence-electron chi connectivity index (χ0n) is 17.1. The van der Waals surface area contributed by atoms with E-state index in [9.17, 15) is 26.0 Å². The van der Waals surface area contributed by atoms with Crippen molar-refractivity contribution in [3.63, 3.8) is 0 Å². The summed E-state index contributed by atoms with van der Waals surface area (Å²) in [7, 11) is -4.33. The van der Waals surface area contributed by atoms with Crippen LogP contribution in [-0.4, -0.2) is 37.2 Å². The highest BCUT2D eigenvalue weighted by Gasteiger charge is 2.32. The summed E-state index contributed by atoms with van der Waals surface area (Å²) in [6, 6.07) is 13.8. The highest BCUT2D eigenvalue weighted by atomic mass is 35.5. The molecule has 1 heterocycles. The maximum atomic E-state index is 14.4. The van der Waals surface area contributed by atoms with Gasteiger partial charge < -0.3 is 4.74 Å². The van der Waals surface area contributed by atoms with Gasteiger partial charge in [0.1, 0.15) is 16.5 Å². The molecule has 5 nitrogen and oxygen atoms in total. The van der Waals surface area contributed by atoms with Gasteiger partial charge in [0.15, 0.2) is 0 Å². The van der Waals surface area contributed by atoms with Gasteiger partial charge in [-0.05, 0) is 48.4 Å². The summed E-state index contributed by atoms with van der Waals surface area (Å²) < 4.78 is 84.1. The number of hydrogen-bond donors (Lipinski definition) is 0. The molecule has 0 fully saturated rings. The summed E-state index contributed by atoms with van der Waals surface area (Å²) in [6.45, 7) is -0.279. The van der Waals surface area contributed by atoms with Crippen LogP contribution in [0, 0.1) is 5.82 Å². The minimum atomic E-state index is -4.90. The van der Waals surface area contributed by atoms with Crippen LogP contribution in [0.15, 0.2) is 71.8 Å². The van der Waals surface area contributed by atoms with Gasteiger partial charge in [-0.2, -0.15) is 4.31 Å². The van der Waals surface area contributed by atoms with Crippen molar-refractivity contribution in [2.24, 2.45) is 0 Å². The fraction of sp³-hybridized carbons (Fsp3) is 0.227. The van der Waals surface area contributed by atoms with Gasteiger partial charge in [-0.15, -0.1) is 13.2 Å². The minimum Gasteiger partial charge on any atom is -0.406 e. The zero-order chi connectivity index (χ0) is 24.1. The normalized spacial score (nSPS) is 12.2. The first-order chi connectivity index (χ1) is 15.6. The lowest BCUT2D eigenvalue weighted by Gasteiger charge is -2.23. The van der Waals surface area contributed by atoms with E-state index in [1.165, 1.54) is 24.3 Å². The molecule has 0 aliphatic rings. The number of para-hydroxylation sites is 1. The van der Waals surface area contributed by atoms with E-state index in [1.54, 1.807) is 24.4 Å². The maximum absolute atomic E-state index is 14.4. The zero-order valence-corrected chi connectivity index (χ0v) is 18.7. The summed E-state index contributed by atoms with van der Waals surface area (Å²) in [6.07, 6.45) is -3.22. The van der Waals surface area contributed by atoms with Crippen molar-refractivity contribution in [1.82, 2.24) is 9.29 Å². The van der Waals surface area contributed by atoms with Crippen molar-refractivity contribution < 1.29 is 30.7 Å². The van der Waals surface area contributed by atoms with Gasteiger partial charge in [0, 0.05) is 36.4 Å². The van der Waals surface area contributed by atoms with E-state index in [2.05, 4.69) is 9.72 Å². The molecule has 0 aliphatic carbocycles. The average molecular weight is 503 g/mol. The molecule has 0 aliphatic heterocycles. The summed E-state index contributed by atoms with van der Waals surface area (Å²) >= 11 is 5.74. The van der Waals surface area contributed by atoms with E-state index in [4.69, 9.17) is 11.6 Å². The highest BCUT2D eigenvalue weighted by molar-refractivity contribution is 7.89. The Balaban J connectivity index is 1.88. The Morgan fingerprint density at radius 2 is 1.67 bits per heavy atom. The van der Waals surface area contributed by atoms with Crippen molar-refractivity contribution >= 4 is 21.6 Å². The van der Waals surface area contributed by atoms with Crippen molar-refractivity contribution in [2.45, 2.75) is 24.1 Å². The van der Waals surface area contributed by atoms with Gasteiger partial charge in [-0.3, -0.25) is 4.98 Å². The number of nitrogens with zero attached hydrogens (tertiary/aromatic N) is 2. The second-order valence-electron chi connectivity index (χ2n) is 6.96. The van der Waals surface area contributed by atoms with Crippen LogP contribution < -0.4 is 4.74 Å². The number of halogens is 5. The van der Waals surface area contributed by atoms with Crippen molar-refractivity contribution in [3.8, 4) is 5.75 Å². The second-order valence-corrected chi connectivity index (χ2v) is 9.30. The Kier molecular flexibility index (Phi) is 7.93. The number of pyridine rings is 1. The fourth-order valence-electron chi connectivity index (χ4n) is 3.14. The molecule has 33 heavy (non-hydrogen) atoms. The Morgan fingerprint density at radius 1 is 0.970 bits per heavy atom. The van der Waals surface area contributed by atoms with E-state index in [0.717, 1.165) is 22.5 Å². The molecule has 0 saturated carbocycles. The Hall–Kier alpha value is -2.69. The number of hydrogen-bond acceptors (Lipinski definition) is 4. The molecular formula is C22H19ClF4N2O3S. The number of ether oxygens (including phenoxy) is 1. The lowest BCUT2D eigenvalue weighted by Crippen LogP contribution is -2.35.